The van der Waals surface area contributed by atoms with Crippen molar-refractivity contribution in [1.29, 1.82) is 0 Å². The number of carbonyl (C=O) groups excluding carboxylic acids is 2. The van der Waals surface area contributed by atoms with E-state index < -0.39 is 17.4 Å². The number of carbonyl (C=O) groups is 2. The van der Waals surface area contributed by atoms with Gasteiger partial charge in [0.25, 0.3) is 0 Å². The Bertz CT molecular complexity index is 351. The molecule has 0 amide bonds. The average molecular weight is 282 g/mol. The van der Waals surface area contributed by atoms with Gasteiger partial charge in [0.1, 0.15) is 0 Å². The van der Waals surface area contributed by atoms with Crippen LogP contribution < -0.4 is 0 Å². The zero-order valence-corrected chi connectivity index (χ0v) is 13.0. The largest absolute Gasteiger partial charge is 0.465 e. The Hall–Kier alpha value is -1.58. The first-order chi connectivity index (χ1) is 9.35. The number of hydrogen-bond donors (Lipinski definition) is 0. The van der Waals surface area contributed by atoms with Crippen LogP contribution in [-0.4, -0.2) is 25.2 Å². The van der Waals surface area contributed by atoms with E-state index >= 15 is 0 Å². The van der Waals surface area contributed by atoms with Gasteiger partial charge in [-0.1, -0.05) is 32.1 Å². The molecule has 0 heterocycles. The van der Waals surface area contributed by atoms with Crippen LogP contribution in [0.1, 0.15) is 40.5 Å². The van der Waals surface area contributed by atoms with Crippen molar-refractivity contribution in [3.63, 3.8) is 0 Å². The van der Waals surface area contributed by atoms with E-state index in [2.05, 4.69) is 13.2 Å². The van der Waals surface area contributed by atoms with Gasteiger partial charge in [-0.15, -0.1) is 6.58 Å². The van der Waals surface area contributed by atoms with Crippen molar-refractivity contribution in [2.45, 2.75) is 40.5 Å². The summed E-state index contributed by atoms with van der Waals surface area (Å²) in [6.07, 6.45) is 1.94. The zero-order chi connectivity index (χ0) is 15.8. The summed E-state index contributed by atoms with van der Waals surface area (Å²) >= 11 is 0. The predicted octanol–water partition coefficient (Wildman–Crippen LogP) is 3.28. The minimum atomic E-state index is -1.37. The van der Waals surface area contributed by atoms with Crippen LogP contribution >= 0.6 is 0 Å². The van der Waals surface area contributed by atoms with Crippen molar-refractivity contribution in [1.82, 2.24) is 0 Å². The Morgan fingerprint density at radius 3 is 1.90 bits per heavy atom. The molecule has 0 aliphatic heterocycles. The summed E-state index contributed by atoms with van der Waals surface area (Å²) < 4.78 is 10.2. The van der Waals surface area contributed by atoms with Crippen molar-refractivity contribution in [2.75, 3.05) is 13.2 Å². The van der Waals surface area contributed by atoms with Gasteiger partial charge in [0, 0.05) is 0 Å². The molecule has 0 fully saturated rings. The van der Waals surface area contributed by atoms with Crippen LogP contribution in [0.2, 0.25) is 0 Å². The van der Waals surface area contributed by atoms with Crippen LogP contribution in [0.4, 0.5) is 0 Å². The van der Waals surface area contributed by atoms with Crippen molar-refractivity contribution < 1.29 is 19.1 Å². The Morgan fingerprint density at radius 1 is 1.15 bits per heavy atom. The van der Waals surface area contributed by atoms with Crippen LogP contribution in [0.3, 0.4) is 0 Å². The Kier molecular flexibility index (Phi) is 7.89. The van der Waals surface area contributed by atoms with E-state index in [1.807, 2.05) is 13.8 Å². The standard InChI is InChI=1S/C16H26O4/c1-7-10-16(14(17)19-8-2,15(18)20-9-3)11-13(6)12(4)5/h7,12H,1,6,8-11H2,2-5H3. The molecule has 0 aromatic heterocycles. The smallest absolute Gasteiger partial charge is 0.324 e. The fourth-order valence-electron chi connectivity index (χ4n) is 1.84. The van der Waals surface area contributed by atoms with Gasteiger partial charge in [-0.05, 0) is 32.6 Å². The molecule has 0 aromatic carbocycles. The molecule has 0 atom stereocenters. The van der Waals surface area contributed by atoms with E-state index in [1.165, 1.54) is 0 Å². The van der Waals surface area contributed by atoms with Gasteiger partial charge in [0.05, 0.1) is 13.2 Å². The second-order valence-electron chi connectivity index (χ2n) is 5.01. The summed E-state index contributed by atoms with van der Waals surface area (Å²) in [4.78, 5) is 24.6. The number of esters is 2. The van der Waals surface area contributed by atoms with Gasteiger partial charge in [-0.2, -0.15) is 0 Å². The van der Waals surface area contributed by atoms with Gasteiger partial charge >= 0.3 is 11.9 Å². The molecule has 0 aliphatic carbocycles. The molecule has 0 rings (SSSR count). The molecule has 0 aromatic rings. The van der Waals surface area contributed by atoms with E-state index in [4.69, 9.17) is 9.47 Å². The first-order valence-electron chi connectivity index (χ1n) is 6.98. The Morgan fingerprint density at radius 2 is 1.60 bits per heavy atom. The summed E-state index contributed by atoms with van der Waals surface area (Å²) in [5.41, 5.74) is -0.553. The Labute approximate surface area is 121 Å². The lowest BCUT2D eigenvalue weighted by molar-refractivity contribution is -0.172. The van der Waals surface area contributed by atoms with Gasteiger partial charge in [-0.25, -0.2) is 0 Å². The van der Waals surface area contributed by atoms with Crippen molar-refractivity contribution in [2.24, 2.45) is 11.3 Å². The third kappa shape index (κ3) is 4.51. The van der Waals surface area contributed by atoms with Gasteiger partial charge in [-0.3, -0.25) is 9.59 Å². The molecule has 0 unspecified atom stereocenters. The molecule has 0 saturated heterocycles. The van der Waals surface area contributed by atoms with Crippen LogP contribution in [-0.2, 0) is 19.1 Å². The van der Waals surface area contributed by atoms with E-state index in [9.17, 15) is 9.59 Å². The fourth-order valence-corrected chi connectivity index (χ4v) is 1.84. The summed E-state index contributed by atoms with van der Waals surface area (Å²) in [5.74, 6) is -0.969. The maximum absolute atomic E-state index is 12.3. The lowest BCUT2D eigenvalue weighted by atomic mass is 9.76. The molecule has 0 bridgehead atoms. The van der Waals surface area contributed by atoms with Gasteiger partial charge in [0.2, 0.25) is 0 Å². The normalized spacial score (nSPS) is 11.1. The van der Waals surface area contributed by atoms with Crippen molar-refractivity contribution >= 4 is 11.9 Å². The van der Waals surface area contributed by atoms with Crippen LogP contribution in [0.5, 0.6) is 0 Å². The molecular formula is C16H26O4. The number of allylic oxidation sites excluding steroid dienone is 2. The van der Waals surface area contributed by atoms with E-state index in [0.717, 1.165) is 5.57 Å². The first kappa shape index (κ1) is 18.4. The predicted molar refractivity (Wildman–Crippen MR) is 79.1 cm³/mol. The van der Waals surface area contributed by atoms with Crippen LogP contribution in [0.15, 0.2) is 24.8 Å². The number of ether oxygens (including phenoxy) is 2. The molecule has 0 N–H and O–H groups in total. The van der Waals surface area contributed by atoms with Gasteiger partial charge in [0.15, 0.2) is 5.41 Å². The topological polar surface area (TPSA) is 52.6 Å². The van der Waals surface area contributed by atoms with Crippen LogP contribution in [0.25, 0.3) is 0 Å². The molecular weight excluding hydrogens is 256 g/mol. The number of rotatable bonds is 9. The van der Waals surface area contributed by atoms with E-state index in [1.54, 1.807) is 19.9 Å². The molecule has 4 heteroatoms. The summed E-state index contributed by atoms with van der Waals surface area (Å²) in [7, 11) is 0. The second-order valence-corrected chi connectivity index (χ2v) is 5.01. The highest BCUT2D eigenvalue weighted by atomic mass is 16.6. The summed E-state index contributed by atoms with van der Waals surface area (Å²) in [5, 5.41) is 0. The monoisotopic (exact) mass is 282 g/mol. The summed E-state index contributed by atoms with van der Waals surface area (Å²) in [6, 6.07) is 0. The third-order valence-corrected chi connectivity index (χ3v) is 3.17. The second kappa shape index (κ2) is 8.56. The molecule has 0 aliphatic rings. The molecule has 114 valence electrons. The Balaban J connectivity index is 5.53. The maximum atomic E-state index is 12.3. The number of hydrogen-bond acceptors (Lipinski definition) is 4. The van der Waals surface area contributed by atoms with E-state index in [-0.39, 0.29) is 32.0 Å². The maximum Gasteiger partial charge on any atom is 0.324 e. The van der Waals surface area contributed by atoms with E-state index in [0.29, 0.717) is 0 Å². The zero-order valence-electron chi connectivity index (χ0n) is 13.0. The lowest BCUT2D eigenvalue weighted by Gasteiger charge is -2.29. The molecule has 0 saturated carbocycles. The minimum absolute atomic E-state index is 0.169. The first-order valence-corrected chi connectivity index (χ1v) is 6.98. The highest BCUT2D eigenvalue weighted by Crippen LogP contribution is 2.36. The fraction of sp³-hybridized carbons (Fsp3) is 0.625. The highest BCUT2D eigenvalue weighted by molar-refractivity contribution is 6.00. The SMILES string of the molecule is C=CCC(CC(=C)C(C)C)(C(=O)OCC)C(=O)OCC. The van der Waals surface area contributed by atoms with Crippen molar-refractivity contribution in [3.05, 3.63) is 24.8 Å². The molecule has 20 heavy (non-hydrogen) atoms. The lowest BCUT2D eigenvalue weighted by Crippen LogP contribution is -2.42. The molecule has 0 radical (unpaired) electrons. The quantitative estimate of drug-likeness (QED) is 0.370. The minimum Gasteiger partial charge on any atom is -0.465 e. The molecule has 4 nitrogen and oxygen atoms in total. The highest BCUT2D eigenvalue weighted by Gasteiger charge is 2.48. The van der Waals surface area contributed by atoms with Crippen LogP contribution in [0, 0.1) is 11.3 Å². The third-order valence-electron chi connectivity index (χ3n) is 3.17. The van der Waals surface area contributed by atoms with Gasteiger partial charge < -0.3 is 9.47 Å². The average Bonchev–Trinajstić information content (AvgIpc) is 2.38. The summed E-state index contributed by atoms with van der Waals surface area (Å²) in [6.45, 7) is 15.4. The van der Waals surface area contributed by atoms with Crippen molar-refractivity contribution in [3.8, 4) is 0 Å². The molecule has 0 spiro atoms.